The van der Waals surface area contributed by atoms with Gasteiger partial charge in [-0.15, -0.1) is 11.6 Å². The van der Waals surface area contributed by atoms with Crippen molar-refractivity contribution in [1.82, 2.24) is 14.5 Å². The van der Waals surface area contributed by atoms with Crippen LogP contribution in [0.3, 0.4) is 0 Å². The van der Waals surface area contributed by atoms with E-state index in [0.29, 0.717) is 16.7 Å². The second kappa shape index (κ2) is 5.63. The molecule has 0 saturated carbocycles. The molecule has 5 nitrogen and oxygen atoms in total. The third-order valence-corrected chi connectivity index (χ3v) is 3.42. The molecule has 20 heavy (non-hydrogen) atoms. The van der Waals surface area contributed by atoms with E-state index in [-0.39, 0.29) is 17.3 Å². The second-order valence-corrected chi connectivity index (χ2v) is 5.03. The van der Waals surface area contributed by atoms with Crippen LogP contribution in [0.15, 0.2) is 29.1 Å². The molecule has 2 rings (SSSR count). The summed E-state index contributed by atoms with van der Waals surface area (Å²) in [5.41, 5.74) is 0.350. The lowest BCUT2D eigenvalue weighted by Gasteiger charge is -2.21. The normalized spacial score (nSPS) is 12.4. The average Bonchev–Trinajstić information content (AvgIpc) is 2.45. The molecule has 0 radical (unpaired) electrons. The molecule has 0 fully saturated rings. The number of fused-ring (bicyclic) bond motifs is 1. The van der Waals surface area contributed by atoms with Crippen LogP contribution in [0.5, 0.6) is 0 Å². The molecular weight excluding hydrogens is 278 g/mol. The number of alkyl halides is 1. The lowest BCUT2D eigenvalue weighted by molar-refractivity contribution is -0.131. The van der Waals surface area contributed by atoms with Gasteiger partial charge in [0.25, 0.3) is 5.56 Å². The van der Waals surface area contributed by atoms with E-state index in [1.807, 2.05) is 6.07 Å². The average molecular weight is 294 g/mol. The van der Waals surface area contributed by atoms with E-state index in [1.165, 1.54) is 9.47 Å². The lowest BCUT2D eigenvalue weighted by Crippen LogP contribution is -2.37. The van der Waals surface area contributed by atoms with Crippen LogP contribution in [0.2, 0.25) is 0 Å². The summed E-state index contributed by atoms with van der Waals surface area (Å²) in [6, 6.07) is 6.41. The molecule has 0 spiro atoms. The first-order valence-electron chi connectivity index (χ1n) is 6.24. The summed E-state index contributed by atoms with van der Waals surface area (Å²) >= 11 is 5.89. The van der Waals surface area contributed by atoms with Crippen molar-refractivity contribution in [2.24, 2.45) is 0 Å². The monoisotopic (exact) mass is 293 g/mol. The first-order chi connectivity index (χ1) is 9.47. The van der Waals surface area contributed by atoms with Crippen molar-refractivity contribution in [2.75, 3.05) is 14.1 Å². The minimum atomic E-state index is -0.636. The molecular formula is C14H16ClN3O2. The Morgan fingerprint density at radius 1 is 1.40 bits per heavy atom. The number of carbonyl (C=O) groups is 1. The third kappa shape index (κ3) is 2.41. The lowest BCUT2D eigenvalue weighted by atomic mass is 10.2. The van der Waals surface area contributed by atoms with Crippen molar-refractivity contribution in [3.63, 3.8) is 0 Å². The number of para-hydroxylation sites is 1. The molecule has 0 saturated heterocycles. The molecule has 0 bridgehead atoms. The van der Waals surface area contributed by atoms with E-state index < -0.39 is 6.04 Å². The Kier molecular flexibility index (Phi) is 4.09. The number of rotatable bonds is 3. The van der Waals surface area contributed by atoms with Crippen molar-refractivity contribution in [3.8, 4) is 0 Å². The summed E-state index contributed by atoms with van der Waals surface area (Å²) < 4.78 is 1.37. The van der Waals surface area contributed by atoms with Gasteiger partial charge < -0.3 is 4.90 Å². The van der Waals surface area contributed by atoms with Gasteiger partial charge in [-0.05, 0) is 19.1 Å². The fourth-order valence-corrected chi connectivity index (χ4v) is 2.36. The highest BCUT2D eigenvalue weighted by atomic mass is 35.5. The van der Waals surface area contributed by atoms with E-state index in [2.05, 4.69) is 4.98 Å². The summed E-state index contributed by atoms with van der Waals surface area (Å²) in [6.45, 7) is 1.68. The topological polar surface area (TPSA) is 55.2 Å². The Morgan fingerprint density at radius 2 is 2.05 bits per heavy atom. The number of nitrogens with zero attached hydrogens (tertiary/aromatic N) is 3. The van der Waals surface area contributed by atoms with Crippen LogP contribution >= 0.6 is 11.6 Å². The second-order valence-electron chi connectivity index (χ2n) is 4.76. The van der Waals surface area contributed by atoms with Crippen molar-refractivity contribution in [2.45, 2.75) is 18.8 Å². The zero-order valence-corrected chi connectivity index (χ0v) is 12.4. The van der Waals surface area contributed by atoms with Crippen molar-refractivity contribution < 1.29 is 4.79 Å². The van der Waals surface area contributed by atoms with Crippen molar-refractivity contribution in [3.05, 3.63) is 40.4 Å². The number of halogens is 1. The largest absolute Gasteiger partial charge is 0.347 e. The molecule has 1 aromatic heterocycles. The minimum Gasteiger partial charge on any atom is -0.347 e. The van der Waals surface area contributed by atoms with Gasteiger partial charge in [0.15, 0.2) is 0 Å². The molecule has 2 aromatic rings. The zero-order valence-electron chi connectivity index (χ0n) is 11.6. The summed E-state index contributed by atoms with van der Waals surface area (Å²) in [7, 11) is 3.30. The molecule has 0 aliphatic carbocycles. The number of aromatic nitrogens is 2. The van der Waals surface area contributed by atoms with Crippen LogP contribution in [0, 0.1) is 0 Å². The number of likely N-dealkylation sites (N-methyl/N-ethyl adjacent to an activating group) is 1. The number of hydrogen-bond donors (Lipinski definition) is 0. The highest BCUT2D eigenvalue weighted by Gasteiger charge is 2.22. The quantitative estimate of drug-likeness (QED) is 0.811. The minimum absolute atomic E-state index is 0.0745. The molecule has 1 amide bonds. The fourth-order valence-electron chi connectivity index (χ4n) is 2.17. The maximum atomic E-state index is 12.6. The van der Waals surface area contributed by atoms with E-state index in [9.17, 15) is 9.59 Å². The summed E-state index contributed by atoms with van der Waals surface area (Å²) in [6.07, 6.45) is 0. The van der Waals surface area contributed by atoms with Gasteiger partial charge in [-0.1, -0.05) is 12.1 Å². The molecule has 1 unspecified atom stereocenters. The predicted octanol–water partition coefficient (Wildman–Crippen LogP) is 1.78. The molecule has 1 atom stereocenters. The van der Waals surface area contributed by atoms with Gasteiger partial charge in [0.2, 0.25) is 5.91 Å². The Balaban J connectivity index is 2.71. The Morgan fingerprint density at radius 3 is 2.65 bits per heavy atom. The number of benzene rings is 1. The van der Waals surface area contributed by atoms with Crippen LogP contribution in [-0.2, 0) is 10.7 Å². The van der Waals surface area contributed by atoms with Crippen LogP contribution < -0.4 is 5.56 Å². The highest BCUT2D eigenvalue weighted by Crippen LogP contribution is 2.14. The Bertz CT molecular complexity index is 709. The molecule has 0 aliphatic heterocycles. The Hall–Kier alpha value is -1.88. The molecule has 6 heteroatoms. The first kappa shape index (κ1) is 14.5. The number of amides is 1. The smallest absolute Gasteiger partial charge is 0.262 e. The zero-order chi connectivity index (χ0) is 14.9. The molecule has 106 valence electrons. The Labute approximate surface area is 121 Å². The van der Waals surface area contributed by atoms with Gasteiger partial charge in [-0.3, -0.25) is 14.2 Å². The van der Waals surface area contributed by atoms with E-state index in [0.717, 1.165) is 0 Å². The van der Waals surface area contributed by atoms with Crippen LogP contribution in [0.1, 0.15) is 18.8 Å². The standard InChI is InChI=1S/C14H16ClN3O2/c1-9(13(19)17(2)3)18-12(8-15)16-11-7-5-4-6-10(11)14(18)20/h4-7,9H,8H2,1-3H3. The molecule has 0 N–H and O–H groups in total. The fraction of sp³-hybridized carbons (Fsp3) is 0.357. The molecule has 1 heterocycles. The van der Waals surface area contributed by atoms with Gasteiger partial charge >= 0.3 is 0 Å². The maximum Gasteiger partial charge on any atom is 0.262 e. The van der Waals surface area contributed by atoms with Crippen molar-refractivity contribution in [1.29, 1.82) is 0 Å². The van der Waals surface area contributed by atoms with E-state index in [4.69, 9.17) is 11.6 Å². The first-order valence-corrected chi connectivity index (χ1v) is 6.78. The van der Waals surface area contributed by atoms with Gasteiger partial charge in [-0.25, -0.2) is 4.98 Å². The summed E-state index contributed by atoms with van der Waals surface area (Å²) in [5.74, 6) is 0.305. The molecule has 1 aromatic carbocycles. The van der Waals surface area contributed by atoms with E-state index in [1.54, 1.807) is 39.2 Å². The van der Waals surface area contributed by atoms with Crippen LogP contribution in [0.4, 0.5) is 0 Å². The number of carbonyl (C=O) groups excluding carboxylic acids is 1. The van der Waals surface area contributed by atoms with E-state index >= 15 is 0 Å². The van der Waals surface area contributed by atoms with Crippen LogP contribution in [0.25, 0.3) is 10.9 Å². The van der Waals surface area contributed by atoms with Gasteiger partial charge in [0.05, 0.1) is 16.8 Å². The maximum absolute atomic E-state index is 12.6. The summed E-state index contributed by atoms with van der Waals surface area (Å²) in [5, 5.41) is 0.486. The SMILES string of the molecule is CC(C(=O)N(C)C)n1c(CCl)nc2ccccc2c1=O. The van der Waals surface area contributed by atoms with Crippen molar-refractivity contribution >= 4 is 28.4 Å². The number of hydrogen-bond acceptors (Lipinski definition) is 3. The van der Waals surface area contributed by atoms with Gasteiger partial charge in [0.1, 0.15) is 11.9 Å². The van der Waals surface area contributed by atoms with Gasteiger partial charge in [-0.2, -0.15) is 0 Å². The highest BCUT2D eigenvalue weighted by molar-refractivity contribution is 6.16. The predicted molar refractivity (Wildman–Crippen MR) is 79.0 cm³/mol. The summed E-state index contributed by atoms with van der Waals surface area (Å²) in [4.78, 5) is 30.5. The van der Waals surface area contributed by atoms with Crippen LogP contribution in [-0.4, -0.2) is 34.5 Å². The molecule has 0 aliphatic rings. The third-order valence-electron chi connectivity index (χ3n) is 3.19. The van der Waals surface area contributed by atoms with Gasteiger partial charge in [0, 0.05) is 14.1 Å².